The number of nitrogens with one attached hydrogen (secondary N) is 3. The number of non-ortho nitro benzene ring substituents is 1. The molecule has 2 rings (SSSR count). The van der Waals surface area contributed by atoms with Gasteiger partial charge in [0.1, 0.15) is 0 Å². The molecule has 2 aromatic carbocycles. The highest BCUT2D eigenvalue weighted by molar-refractivity contribution is 7.80. The lowest BCUT2D eigenvalue weighted by molar-refractivity contribution is -0.384. The minimum atomic E-state index is -0.490. The molecular formula is C20H20N4O4S. The summed E-state index contributed by atoms with van der Waals surface area (Å²) in [6.45, 7) is 1.93. The van der Waals surface area contributed by atoms with Crippen molar-refractivity contribution in [1.82, 2.24) is 5.32 Å². The highest BCUT2D eigenvalue weighted by Crippen LogP contribution is 2.14. The van der Waals surface area contributed by atoms with Crippen LogP contribution in [0.5, 0.6) is 0 Å². The minimum Gasteiger partial charge on any atom is -0.332 e. The van der Waals surface area contributed by atoms with E-state index in [1.807, 2.05) is 6.92 Å². The van der Waals surface area contributed by atoms with Gasteiger partial charge < -0.3 is 10.6 Å². The average Bonchev–Trinajstić information content (AvgIpc) is 2.68. The molecule has 0 saturated heterocycles. The molecule has 0 saturated carbocycles. The fourth-order valence-corrected chi connectivity index (χ4v) is 2.50. The van der Waals surface area contributed by atoms with Crippen LogP contribution in [0.15, 0.2) is 54.6 Å². The molecule has 3 N–H and O–H groups in total. The Kier molecular flexibility index (Phi) is 7.99. The predicted octanol–water partition coefficient (Wildman–Crippen LogP) is 3.86. The number of carbonyl (C=O) groups is 2. The molecule has 0 radical (unpaired) electrons. The van der Waals surface area contributed by atoms with Crippen molar-refractivity contribution < 1.29 is 14.5 Å². The van der Waals surface area contributed by atoms with Crippen LogP contribution in [-0.4, -0.2) is 21.9 Å². The third kappa shape index (κ3) is 7.51. The normalized spacial score (nSPS) is 10.4. The molecule has 0 heterocycles. The van der Waals surface area contributed by atoms with E-state index in [0.717, 1.165) is 6.42 Å². The molecule has 0 fully saturated rings. The molecule has 9 heteroatoms. The number of thiocarbonyl (C=S) groups is 1. The number of benzene rings is 2. The van der Waals surface area contributed by atoms with Crippen LogP contribution in [-0.2, 0) is 9.59 Å². The zero-order valence-electron chi connectivity index (χ0n) is 15.7. The van der Waals surface area contributed by atoms with Gasteiger partial charge in [-0.05, 0) is 66.7 Å². The topological polar surface area (TPSA) is 113 Å². The molecule has 8 nitrogen and oxygen atoms in total. The molecule has 0 aromatic heterocycles. The van der Waals surface area contributed by atoms with Crippen molar-refractivity contribution in [3.05, 3.63) is 70.3 Å². The second-order valence-corrected chi connectivity index (χ2v) is 6.41. The summed E-state index contributed by atoms with van der Waals surface area (Å²) in [5, 5.41) is 18.9. The van der Waals surface area contributed by atoms with Gasteiger partial charge in [-0.15, -0.1) is 0 Å². The van der Waals surface area contributed by atoms with Crippen LogP contribution >= 0.6 is 12.2 Å². The van der Waals surface area contributed by atoms with Gasteiger partial charge in [-0.2, -0.15) is 0 Å². The van der Waals surface area contributed by atoms with Gasteiger partial charge in [0.2, 0.25) is 11.8 Å². The number of carbonyl (C=O) groups excluding carboxylic acids is 2. The van der Waals surface area contributed by atoms with Crippen LogP contribution < -0.4 is 16.0 Å². The third-order valence-electron chi connectivity index (χ3n) is 3.67. The molecule has 2 aromatic rings. The first-order valence-electron chi connectivity index (χ1n) is 8.82. The highest BCUT2D eigenvalue weighted by Gasteiger charge is 2.05. The lowest BCUT2D eigenvalue weighted by Crippen LogP contribution is -2.32. The van der Waals surface area contributed by atoms with E-state index in [0.29, 0.717) is 23.4 Å². The number of hydrogen-bond donors (Lipinski definition) is 3. The maximum absolute atomic E-state index is 11.9. The number of anilines is 2. The van der Waals surface area contributed by atoms with Crippen LogP contribution in [0, 0.1) is 10.1 Å². The van der Waals surface area contributed by atoms with Gasteiger partial charge >= 0.3 is 0 Å². The quantitative estimate of drug-likeness (QED) is 0.275. The molecule has 0 aliphatic carbocycles. The van der Waals surface area contributed by atoms with Crippen molar-refractivity contribution in [2.45, 2.75) is 19.8 Å². The maximum atomic E-state index is 11.9. The summed E-state index contributed by atoms with van der Waals surface area (Å²) in [6, 6.07) is 12.7. The Morgan fingerprint density at radius 3 is 2.17 bits per heavy atom. The number of nitro groups is 1. The number of hydrogen-bond acceptors (Lipinski definition) is 5. The standard InChI is InChI=1S/C20H20N4O4S/c1-2-3-18(25)21-15-7-9-16(10-8-15)22-20(29)23-19(26)13-6-14-4-11-17(12-5-14)24(27)28/h4-13H,2-3H2,1H3,(H,21,25)(H2,22,23,26,29)/b13-6+. The maximum Gasteiger partial charge on any atom is 0.269 e. The third-order valence-corrected chi connectivity index (χ3v) is 3.88. The molecule has 2 amide bonds. The summed E-state index contributed by atoms with van der Waals surface area (Å²) in [4.78, 5) is 33.7. The lowest BCUT2D eigenvalue weighted by Gasteiger charge is -2.09. The van der Waals surface area contributed by atoms with E-state index in [4.69, 9.17) is 12.2 Å². The number of rotatable bonds is 7. The Balaban J connectivity index is 1.84. The number of nitro benzene ring substituents is 1. The van der Waals surface area contributed by atoms with E-state index in [9.17, 15) is 19.7 Å². The van der Waals surface area contributed by atoms with E-state index in [1.165, 1.54) is 24.3 Å². The fourth-order valence-electron chi connectivity index (χ4n) is 2.28. The molecule has 0 unspecified atom stereocenters. The van der Waals surface area contributed by atoms with Gasteiger partial charge in [0, 0.05) is 36.0 Å². The zero-order chi connectivity index (χ0) is 21.2. The van der Waals surface area contributed by atoms with Gasteiger partial charge in [-0.25, -0.2) is 0 Å². The minimum absolute atomic E-state index is 0.0204. The molecule has 29 heavy (non-hydrogen) atoms. The van der Waals surface area contributed by atoms with E-state index < -0.39 is 10.8 Å². The summed E-state index contributed by atoms with van der Waals surface area (Å²) in [5.74, 6) is -0.486. The van der Waals surface area contributed by atoms with E-state index in [-0.39, 0.29) is 16.7 Å². The first kappa shape index (κ1) is 21.7. The summed E-state index contributed by atoms with van der Waals surface area (Å²) in [5.41, 5.74) is 1.95. The number of amides is 2. The van der Waals surface area contributed by atoms with Crippen LogP contribution in [0.1, 0.15) is 25.3 Å². The second kappa shape index (κ2) is 10.7. The summed E-state index contributed by atoms with van der Waals surface area (Å²) < 4.78 is 0. The van der Waals surface area contributed by atoms with Crippen molar-refractivity contribution >= 4 is 52.3 Å². The SMILES string of the molecule is CCCC(=O)Nc1ccc(NC(=S)NC(=O)/C=C/c2ccc([N+](=O)[O-])cc2)cc1. The van der Waals surface area contributed by atoms with Crippen LogP contribution in [0.4, 0.5) is 17.1 Å². The Morgan fingerprint density at radius 2 is 1.62 bits per heavy atom. The zero-order valence-corrected chi connectivity index (χ0v) is 16.5. The summed E-state index contributed by atoms with van der Waals surface area (Å²) in [7, 11) is 0. The van der Waals surface area contributed by atoms with Crippen LogP contribution in [0.3, 0.4) is 0 Å². The molecular weight excluding hydrogens is 392 g/mol. The Morgan fingerprint density at radius 1 is 1.03 bits per heavy atom. The Hall–Kier alpha value is -3.59. The van der Waals surface area contributed by atoms with Crippen LogP contribution in [0.25, 0.3) is 6.08 Å². The smallest absolute Gasteiger partial charge is 0.269 e. The molecule has 150 valence electrons. The van der Waals surface area contributed by atoms with E-state index >= 15 is 0 Å². The van der Waals surface area contributed by atoms with E-state index in [1.54, 1.807) is 36.4 Å². The largest absolute Gasteiger partial charge is 0.332 e. The van der Waals surface area contributed by atoms with Crippen molar-refractivity contribution in [3.8, 4) is 0 Å². The van der Waals surface area contributed by atoms with Crippen LogP contribution in [0.2, 0.25) is 0 Å². The first-order valence-corrected chi connectivity index (χ1v) is 9.22. The molecule has 0 atom stereocenters. The molecule has 0 spiro atoms. The van der Waals surface area contributed by atoms with Crippen molar-refractivity contribution in [1.29, 1.82) is 0 Å². The number of nitrogens with zero attached hydrogens (tertiary/aromatic N) is 1. The fraction of sp³-hybridized carbons (Fsp3) is 0.150. The van der Waals surface area contributed by atoms with Crippen molar-refractivity contribution in [2.75, 3.05) is 10.6 Å². The summed E-state index contributed by atoms with van der Waals surface area (Å²) >= 11 is 5.10. The monoisotopic (exact) mass is 412 g/mol. The highest BCUT2D eigenvalue weighted by atomic mass is 32.1. The lowest BCUT2D eigenvalue weighted by atomic mass is 10.2. The predicted molar refractivity (Wildman–Crippen MR) is 116 cm³/mol. The van der Waals surface area contributed by atoms with Gasteiger partial charge in [0.15, 0.2) is 5.11 Å². The molecule has 0 aliphatic heterocycles. The molecule has 0 bridgehead atoms. The van der Waals surface area contributed by atoms with Gasteiger partial charge in [0.05, 0.1) is 4.92 Å². The Labute approximate surface area is 173 Å². The summed E-state index contributed by atoms with van der Waals surface area (Å²) in [6.07, 6.45) is 4.04. The Bertz CT molecular complexity index is 925. The van der Waals surface area contributed by atoms with Gasteiger partial charge in [0.25, 0.3) is 5.69 Å². The average molecular weight is 412 g/mol. The van der Waals surface area contributed by atoms with E-state index in [2.05, 4.69) is 16.0 Å². The van der Waals surface area contributed by atoms with Crippen molar-refractivity contribution in [3.63, 3.8) is 0 Å². The van der Waals surface area contributed by atoms with Crippen molar-refractivity contribution in [2.24, 2.45) is 0 Å². The molecule has 0 aliphatic rings. The van der Waals surface area contributed by atoms with Gasteiger partial charge in [-0.3, -0.25) is 25.0 Å². The second-order valence-electron chi connectivity index (χ2n) is 6.00. The first-order chi connectivity index (χ1) is 13.9. The van der Waals surface area contributed by atoms with Gasteiger partial charge in [-0.1, -0.05) is 6.92 Å².